The first kappa shape index (κ1) is 12.2. The third-order valence-electron chi connectivity index (χ3n) is 3.39. The molecule has 17 heavy (non-hydrogen) atoms. The van der Waals surface area contributed by atoms with Crippen molar-refractivity contribution in [3.63, 3.8) is 0 Å². The summed E-state index contributed by atoms with van der Waals surface area (Å²) in [5, 5.41) is 2.05. The van der Waals surface area contributed by atoms with Crippen molar-refractivity contribution in [1.29, 1.82) is 0 Å². The standard InChI is InChI=1S/C13H20N2O2/c1-9-5-4-6-10(2)15(9)14-13(16)12-8-7-11(3)17-12/h7-10H,4-6H2,1-3H3,(H,14,16). The molecule has 4 heteroatoms. The summed E-state index contributed by atoms with van der Waals surface area (Å²) in [6, 6.07) is 4.29. The van der Waals surface area contributed by atoms with Crippen LogP contribution in [-0.2, 0) is 0 Å². The molecule has 1 fully saturated rings. The van der Waals surface area contributed by atoms with Crippen LogP contribution in [0.1, 0.15) is 49.4 Å². The maximum Gasteiger partial charge on any atom is 0.301 e. The highest BCUT2D eigenvalue weighted by molar-refractivity contribution is 5.91. The van der Waals surface area contributed by atoms with Gasteiger partial charge in [-0.15, -0.1) is 0 Å². The number of nitrogens with zero attached hydrogens (tertiary/aromatic N) is 1. The lowest BCUT2D eigenvalue weighted by Crippen LogP contribution is -2.54. The van der Waals surface area contributed by atoms with Gasteiger partial charge in [0.15, 0.2) is 5.76 Å². The highest BCUT2D eigenvalue weighted by Crippen LogP contribution is 2.20. The Bertz CT molecular complexity index is 390. The van der Waals surface area contributed by atoms with Crippen LogP contribution in [0.15, 0.2) is 16.5 Å². The van der Waals surface area contributed by atoms with Crippen LogP contribution in [0.25, 0.3) is 0 Å². The van der Waals surface area contributed by atoms with Gasteiger partial charge < -0.3 is 4.42 Å². The predicted molar refractivity (Wildman–Crippen MR) is 65.5 cm³/mol. The molecule has 94 valence electrons. The number of carbonyl (C=O) groups excluding carboxylic acids is 1. The highest BCUT2D eigenvalue weighted by atomic mass is 16.3. The van der Waals surface area contributed by atoms with Crippen molar-refractivity contribution in [3.05, 3.63) is 23.7 Å². The van der Waals surface area contributed by atoms with Crippen LogP contribution in [0.3, 0.4) is 0 Å². The van der Waals surface area contributed by atoms with Gasteiger partial charge in [-0.25, -0.2) is 5.01 Å². The van der Waals surface area contributed by atoms with Crippen LogP contribution in [0.4, 0.5) is 0 Å². The largest absolute Gasteiger partial charge is 0.456 e. The molecule has 1 aromatic heterocycles. The van der Waals surface area contributed by atoms with Crippen LogP contribution >= 0.6 is 0 Å². The first-order chi connectivity index (χ1) is 8.08. The minimum absolute atomic E-state index is 0.154. The normalized spacial score (nSPS) is 25.8. The second kappa shape index (κ2) is 4.92. The Kier molecular flexibility index (Phi) is 3.52. The maximum absolute atomic E-state index is 12.0. The number of hydrogen-bond acceptors (Lipinski definition) is 3. The van der Waals surface area contributed by atoms with E-state index in [4.69, 9.17) is 4.42 Å². The molecule has 0 saturated carbocycles. The summed E-state index contributed by atoms with van der Waals surface area (Å²) >= 11 is 0. The van der Waals surface area contributed by atoms with E-state index in [1.807, 2.05) is 11.9 Å². The number of rotatable bonds is 2. The van der Waals surface area contributed by atoms with Crippen LogP contribution < -0.4 is 5.43 Å². The molecule has 2 unspecified atom stereocenters. The molecular weight excluding hydrogens is 216 g/mol. The Hall–Kier alpha value is -1.29. The van der Waals surface area contributed by atoms with Crippen molar-refractivity contribution < 1.29 is 9.21 Å². The summed E-state index contributed by atoms with van der Waals surface area (Å²) in [6.07, 6.45) is 3.48. The predicted octanol–water partition coefficient (Wildman–Crippen LogP) is 2.50. The zero-order valence-electron chi connectivity index (χ0n) is 10.7. The van der Waals surface area contributed by atoms with Gasteiger partial charge in [0.05, 0.1) is 0 Å². The average Bonchev–Trinajstić information content (AvgIpc) is 2.70. The lowest BCUT2D eigenvalue weighted by atomic mass is 10.00. The molecule has 1 aromatic rings. The number of aryl methyl sites for hydroxylation is 1. The van der Waals surface area contributed by atoms with Crippen LogP contribution in [0.5, 0.6) is 0 Å². The van der Waals surface area contributed by atoms with Gasteiger partial charge in [0.2, 0.25) is 0 Å². The topological polar surface area (TPSA) is 45.5 Å². The molecule has 0 radical (unpaired) electrons. The molecule has 0 spiro atoms. The Morgan fingerprint density at radius 3 is 2.53 bits per heavy atom. The Balaban J connectivity index is 2.02. The van der Waals surface area contributed by atoms with Gasteiger partial charge in [-0.05, 0) is 45.7 Å². The second-order valence-electron chi connectivity index (χ2n) is 4.89. The van der Waals surface area contributed by atoms with E-state index in [9.17, 15) is 4.79 Å². The Morgan fingerprint density at radius 1 is 1.35 bits per heavy atom. The van der Waals surface area contributed by atoms with Gasteiger partial charge in [0.25, 0.3) is 0 Å². The summed E-state index contributed by atoms with van der Waals surface area (Å²) in [7, 11) is 0. The lowest BCUT2D eigenvalue weighted by Gasteiger charge is -2.38. The SMILES string of the molecule is Cc1ccc(C(=O)NN2C(C)CCCC2C)o1. The molecule has 1 aliphatic rings. The molecule has 4 nitrogen and oxygen atoms in total. The summed E-state index contributed by atoms with van der Waals surface area (Å²) in [4.78, 5) is 12.0. The van der Waals surface area contributed by atoms with Gasteiger partial charge >= 0.3 is 5.91 Å². The maximum atomic E-state index is 12.0. The molecule has 0 bridgehead atoms. The van der Waals surface area contributed by atoms with E-state index in [0.717, 1.165) is 18.6 Å². The molecule has 0 aliphatic carbocycles. The number of hydrazine groups is 1. The summed E-state index contributed by atoms with van der Waals surface area (Å²) in [5.41, 5.74) is 2.95. The first-order valence-corrected chi connectivity index (χ1v) is 6.23. The summed E-state index contributed by atoms with van der Waals surface area (Å²) in [5.74, 6) is 0.987. The van der Waals surface area contributed by atoms with Crippen molar-refractivity contribution in [2.75, 3.05) is 0 Å². The fourth-order valence-electron chi connectivity index (χ4n) is 2.37. The molecule has 1 N–H and O–H groups in total. The fraction of sp³-hybridized carbons (Fsp3) is 0.615. The van der Waals surface area contributed by atoms with Crippen LogP contribution in [0.2, 0.25) is 0 Å². The molecule has 0 aromatic carbocycles. The molecule has 2 heterocycles. The van der Waals surface area contributed by atoms with Crippen molar-refractivity contribution in [1.82, 2.24) is 10.4 Å². The van der Waals surface area contributed by atoms with E-state index in [2.05, 4.69) is 19.3 Å². The molecule has 1 aliphatic heterocycles. The van der Waals surface area contributed by atoms with E-state index in [1.165, 1.54) is 6.42 Å². The highest BCUT2D eigenvalue weighted by Gasteiger charge is 2.27. The number of furan rings is 1. The molecule has 2 rings (SSSR count). The summed E-state index contributed by atoms with van der Waals surface area (Å²) in [6.45, 7) is 6.12. The fourth-order valence-corrected chi connectivity index (χ4v) is 2.37. The third kappa shape index (κ3) is 2.69. The number of piperidine rings is 1. The van der Waals surface area contributed by atoms with Crippen LogP contribution in [-0.4, -0.2) is 23.0 Å². The monoisotopic (exact) mass is 236 g/mol. The number of amides is 1. The van der Waals surface area contributed by atoms with E-state index in [-0.39, 0.29) is 5.91 Å². The van der Waals surface area contributed by atoms with E-state index in [1.54, 1.807) is 12.1 Å². The van der Waals surface area contributed by atoms with Crippen molar-refractivity contribution in [2.24, 2.45) is 0 Å². The smallest absolute Gasteiger partial charge is 0.301 e. The Morgan fingerprint density at radius 2 is 2.00 bits per heavy atom. The minimum atomic E-state index is -0.154. The first-order valence-electron chi connectivity index (χ1n) is 6.23. The lowest BCUT2D eigenvalue weighted by molar-refractivity contribution is 0.0350. The molecule has 1 amide bonds. The molecule has 1 saturated heterocycles. The van der Waals surface area contributed by atoms with Gasteiger partial charge in [-0.2, -0.15) is 0 Å². The molecular formula is C13H20N2O2. The molecule has 2 atom stereocenters. The van der Waals surface area contributed by atoms with Crippen molar-refractivity contribution >= 4 is 5.91 Å². The Labute approximate surface area is 102 Å². The minimum Gasteiger partial charge on any atom is -0.456 e. The number of hydrogen-bond donors (Lipinski definition) is 1. The van der Waals surface area contributed by atoms with Gasteiger partial charge in [0, 0.05) is 12.1 Å². The van der Waals surface area contributed by atoms with Gasteiger partial charge in [-0.1, -0.05) is 6.42 Å². The van der Waals surface area contributed by atoms with Crippen LogP contribution in [0, 0.1) is 6.92 Å². The zero-order chi connectivity index (χ0) is 12.4. The summed E-state index contributed by atoms with van der Waals surface area (Å²) < 4.78 is 5.32. The zero-order valence-corrected chi connectivity index (χ0v) is 10.7. The van der Waals surface area contributed by atoms with Crippen molar-refractivity contribution in [3.8, 4) is 0 Å². The van der Waals surface area contributed by atoms with Gasteiger partial charge in [-0.3, -0.25) is 10.2 Å². The third-order valence-corrected chi connectivity index (χ3v) is 3.39. The van der Waals surface area contributed by atoms with Crippen molar-refractivity contribution in [2.45, 2.75) is 52.1 Å². The van der Waals surface area contributed by atoms with E-state index >= 15 is 0 Å². The quantitative estimate of drug-likeness (QED) is 0.858. The average molecular weight is 236 g/mol. The van der Waals surface area contributed by atoms with E-state index < -0.39 is 0 Å². The second-order valence-corrected chi connectivity index (χ2v) is 4.89. The van der Waals surface area contributed by atoms with E-state index in [0.29, 0.717) is 17.8 Å². The number of nitrogens with one attached hydrogen (secondary N) is 1. The number of carbonyl (C=O) groups is 1. The van der Waals surface area contributed by atoms with Gasteiger partial charge in [0.1, 0.15) is 5.76 Å².